The summed E-state index contributed by atoms with van der Waals surface area (Å²) in [5.41, 5.74) is 11.0. The van der Waals surface area contributed by atoms with Crippen molar-refractivity contribution in [3.8, 4) is 51.5 Å². The molecule has 2 N–H and O–H groups in total. The fraction of sp³-hybridized carbons (Fsp3) is 0.212. The van der Waals surface area contributed by atoms with Crippen LogP contribution in [0, 0.1) is 18.3 Å². The lowest BCUT2D eigenvalue weighted by Crippen LogP contribution is -2.52. The molecule has 6 amide bonds. The van der Waals surface area contributed by atoms with Crippen LogP contribution in [-0.2, 0) is 46.4 Å². The Morgan fingerprint density at radius 2 is 1.21 bits per heavy atom. The van der Waals surface area contributed by atoms with Gasteiger partial charge in [0.05, 0.1) is 34.7 Å². The largest absolute Gasteiger partial charge is 0.333 e. The molecule has 2 fully saturated rings. The first-order chi connectivity index (χ1) is 33.8. The minimum absolute atomic E-state index is 0.178. The van der Waals surface area contributed by atoms with Crippen LogP contribution >= 0.6 is 0 Å². The van der Waals surface area contributed by atoms with Crippen LogP contribution in [-0.4, -0.2) is 90.8 Å². The number of amides is 6. The number of benzene rings is 3. The van der Waals surface area contributed by atoms with E-state index < -0.39 is 23.9 Å². The molecule has 2 unspecified atom stereocenters. The van der Waals surface area contributed by atoms with Gasteiger partial charge in [-0.3, -0.25) is 48.8 Å². The molecule has 18 heteroatoms. The number of nitrogens with zero attached hydrogens (tertiary/aromatic N) is 10. The minimum Gasteiger partial charge on any atom is -0.333 e. The van der Waals surface area contributed by atoms with Crippen molar-refractivity contribution in [2.75, 3.05) is 0 Å². The summed E-state index contributed by atoms with van der Waals surface area (Å²) in [5.74, 6) is -0.262. The second-order valence-electron chi connectivity index (χ2n) is 17.9. The maximum absolute atomic E-state index is 13.0. The summed E-state index contributed by atoms with van der Waals surface area (Å²) in [6.45, 7) is 2.63. The summed E-state index contributed by atoms with van der Waals surface area (Å²) in [4.78, 5) is 95.3. The Kier molecular flexibility index (Phi) is 10.5. The molecule has 9 heterocycles. The van der Waals surface area contributed by atoms with Gasteiger partial charge in [0.2, 0.25) is 23.6 Å². The van der Waals surface area contributed by atoms with Crippen molar-refractivity contribution < 1.29 is 28.8 Å². The van der Waals surface area contributed by atoms with E-state index in [0.717, 1.165) is 67.3 Å². The van der Waals surface area contributed by atoms with Crippen LogP contribution in [0.25, 0.3) is 62.0 Å². The Morgan fingerprint density at radius 1 is 0.643 bits per heavy atom. The third-order valence-electron chi connectivity index (χ3n) is 13.3. The van der Waals surface area contributed by atoms with Crippen LogP contribution < -0.4 is 10.6 Å². The van der Waals surface area contributed by atoms with E-state index in [1.54, 1.807) is 41.6 Å². The SMILES string of the molecule is Cc1ccc2cc(-c3nc(-c4ccc5c(c4)CN(C4CCC(=O)NC4=O)C5=O)cn3C)ccc2n1.Cn1cc(-c2ccc3c(c2)CN(C2CCC(=O)NC2=O)C3=O)nc1-c1cnc2cc(C#N)ccn12. The number of nitrogens with one attached hydrogen (secondary N) is 2. The highest BCUT2D eigenvalue weighted by Crippen LogP contribution is 2.35. The van der Waals surface area contributed by atoms with Crippen LogP contribution in [0.4, 0.5) is 0 Å². The highest BCUT2D eigenvalue weighted by atomic mass is 16.2. The predicted molar refractivity (Wildman–Crippen MR) is 254 cm³/mol. The first-order valence-corrected chi connectivity index (χ1v) is 22.7. The van der Waals surface area contributed by atoms with E-state index in [-0.39, 0.29) is 36.5 Å². The molecule has 346 valence electrons. The van der Waals surface area contributed by atoms with Crippen LogP contribution in [0.1, 0.15) is 68.8 Å². The topological polar surface area (TPSA) is 223 Å². The van der Waals surface area contributed by atoms with E-state index in [4.69, 9.17) is 15.2 Å². The molecule has 0 aliphatic carbocycles. The van der Waals surface area contributed by atoms with Crippen molar-refractivity contribution in [2.45, 2.75) is 57.8 Å². The summed E-state index contributed by atoms with van der Waals surface area (Å²) < 4.78 is 5.78. The number of imidazole rings is 3. The third-order valence-corrected chi connectivity index (χ3v) is 13.3. The maximum atomic E-state index is 13.0. The van der Waals surface area contributed by atoms with Gasteiger partial charge in [-0.05, 0) is 91.6 Å². The lowest BCUT2D eigenvalue weighted by atomic mass is 10.0. The number of carbonyl (C=O) groups is 6. The summed E-state index contributed by atoms with van der Waals surface area (Å²) in [7, 11) is 3.86. The fourth-order valence-corrected chi connectivity index (χ4v) is 9.77. The van der Waals surface area contributed by atoms with Crippen molar-refractivity contribution >= 4 is 52.0 Å². The van der Waals surface area contributed by atoms with Gasteiger partial charge >= 0.3 is 0 Å². The van der Waals surface area contributed by atoms with E-state index >= 15 is 0 Å². The number of nitriles is 1. The van der Waals surface area contributed by atoms with Gasteiger partial charge in [0, 0.05) is 97.5 Å². The first-order valence-electron chi connectivity index (χ1n) is 22.7. The Hall–Kier alpha value is -9.11. The summed E-state index contributed by atoms with van der Waals surface area (Å²) >= 11 is 0. The Morgan fingerprint density at radius 3 is 1.80 bits per heavy atom. The zero-order chi connectivity index (χ0) is 48.5. The maximum Gasteiger partial charge on any atom is 0.255 e. The molecule has 0 spiro atoms. The molecule has 5 aromatic heterocycles. The number of hydrogen-bond acceptors (Lipinski definition) is 11. The van der Waals surface area contributed by atoms with Crippen molar-refractivity contribution in [3.63, 3.8) is 0 Å². The van der Waals surface area contributed by atoms with Gasteiger partial charge in [0.1, 0.15) is 29.2 Å². The molecule has 18 nitrogen and oxygen atoms in total. The molecule has 12 rings (SSSR count). The minimum atomic E-state index is -0.644. The zero-order valence-corrected chi connectivity index (χ0v) is 38.1. The fourth-order valence-electron chi connectivity index (χ4n) is 9.77. The van der Waals surface area contributed by atoms with Crippen LogP contribution in [0.5, 0.6) is 0 Å². The van der Waals surface area contributed by atoms with E-state index in [2.05, 4.69) is 38.8 Å². The Labute approximate surface area is 399 Å². The lowest BCUT2D eigenvalue weighted by molar-refractivity contribution is -0.138. The van der Waals surface area contributed by atoms with E-state index in [1.807, 2.05) is 89.4 Å². The number of pyridine rings is 2. The first kappa shape index (κ1) is 43.5. The molecular weight excluding hydrogens is 889 g/mol. The molecule has 0 saturated carbocycles. The summed E-state index contributed by atoms with van der Waals surface area (Å²) in [5, 5.41) is 14.9. The molecule has 70 heavy (non-hydrogen) atoms. The number of hydrogen-bond donors (Lipinski definition) is 2. The van der Waals surface area contributed by atoms with Gasteiger partial charge in [-0.15, -0.1) is 0 Å². The van der Waals surface area contributed by atoms with E-state index in [0.29, 0.717) is 54.1 Å². The number of aromatic nitrogens is 7. The summed E-state index contributed by atoms with van der Waals surface area (Å²) in [6, 6.07) is 25.7. The van der Waals surface area contributed by atoms with Gasteiger partial charge in [-0.2, -0.15) is 5.26 Å². The van der Waals surface area contributed by atoms with Crippen molar-refractivity contribution in [3.05, 3.63) is 137 Å². The zero-order valence-electron chi connectivity index (χ0n) is 38.1. The molecule has 2 saturated heterocycles. The second-order valence-corrected chi connectivity index (χ2v) is 17.9. The van der Waals surface area contributed by atoms with Gasteiger partial charge in [-0.25, -0.2) is 15.0 Å². The normalized spacial score (nSPS) is 17.6. The van der Waals surface area contributed by atoms with Crippen LogP contribution in [0.3, 0.4) is 0 Å². The molecule has 4 aliphatic heterocycles. The summed E-state index contributed by atoms with van der Waals surface area (Å²) in [6.07, 6.45) is 8.55. The average molecular weight is 931 g/mol. The second kappa shape index (κ2) is 16.9. The van der Waals surface area contributed by atoms with Crippen molar-refractivity contribution in [2.24, 2.45) is 14.1 Å². The average Bonchev–Trinajstić information content (AvgIpc) is 4.18. The van der Waals surface area contributed by atoms with Crippen LogP contribution in [0.2, 0.25) is 0 Å². The highest BCUT2D eigenvalue weighted by Gasteiger charge is 2.40. The molecule has 8 aromatic rings. The molecule has 3 aromatic carbocycles. The van der Waals surface area contributed by atoms with Gasteiger partial charge in [0.15, 0.2) is 5.82 Å². The molecular formula is C52H42N12O6. The Balaban J connectivity index is 0.000000152. The number of fused-ring (bicyclic) bond motifs is 4. The lowest BCUT2D eigenvalue weighted by Gasteiger charge is -2.29. The van der Waals surface area contributed by atoms with E-state index in [9.17, 15) is 28.8 Å². The number of rotatable bonds is 6. The van der Waals surface area contributed by atoms with E-state index in [1.165, 1.54) is 4.90 Å². The standard InChI is InChI=1S/C27H23N5O3.C25H19N7O3/c1-15-3-4-16-11-18(6-8-21(16)28-15)25-29-22(14-31(25)2)17-5-7-20-19(12-17)13-32(27(20)35)23-9-10-24(33)30-26(23)34;1-30-13-18(28-23(30)20-11-27-21-8-14(10-26)6-7-31(20)21)15-2-3-17-16(9-15)12-32(25(17)35)19-4-5-22(33)29-24(19)34/h3-8,11-12,14,23H,9-10,13H2,1-2H3,(H,30,33,34);2-3,6-9,11,13,19H,4-5,12H2,1H3,(H,29,33,34). The number of aryl methyl sites for hydroxylation is 3. The monoisotopic (exact) mass is 930 g/mol. The van der Waals surface area contributed by atoms with Gasteiger partial charge < -0.3 is 18.9 Å². The van der Waals surface area contributed by atoms with Crippen molar-refractivity contribution in [1.82, 2.24) is 53.9 Å². The molecule has 0 radical (unpaired) electrons. The Bertz CT molecular complexity index is 3630. The van der Waals surface area contributed by atoms with Crippen molar-refractivity contribution in [1.29, 1.82) is 5.26 Å². The van der Waals surface area contributed by atoms with Gasteiger partial charge in [-0.1, -0.05) is 18.2 Å². The van der Waals surface area contributed by atoms with Gasteiger partial charge in [0.25, 0.3) is 11.8 Å². The molecule has 4 aliphatic rings. The quantitative estimate of drug-likeness (QED) is 0.201. The molecule has 0 bridgehead atoms. The number of piperidine rings is 2. The number of carbonyl (C=O) groups excluding carboxylic acids is 6. The highest BCUT2D eigenvalue weighted by molar-refractivity contribution is 6.07. The predicted octanol–water partition coefficient (Wildman–Crippen LogP) is 5.41. The third kappa shape index (κ3) is 7.62. The molecule has 2 atom stereocenters. The number of imide groups is 2. The van der Waals surface area contributed by atoms with Crippen LogP contribution in [0.15, 0.2) is 104 Å². The smallest absolute Gasteiger partial charge is 0.255 e.